The quantitative estimate of drug-likeness (QED) is 0.514. The second kappa shape index (κ2) is 8.84. The highest BCUT2D eigenvalue weighted by Crippen LogP contribution is 2.33. The van der Waals surface area contributed by atoms with E-state index in [0.717, 1.165) is 25.0 Å². The van der Waals surface area contributed by atoms with Crippen molar-refractivity contribution in [2.45, 2.75) is 31.3 Å². The Labute approximate surface area is 199 Å². The summed E-state index contributed by atoms with van der Waals surface area (Å²) in [6.07, 6.45) is 4.17. The monoisotopic (exact) mass is 488 g/mol. The molecular weight excluding hydrogens is 462 g/mol. The van der Waals surface area contributed by atoms with Gasteiger partial charge >= 0.3 is 6.03 Å². The van der Waals surface area contributed by atoms with Crippen LogP contribution in [-0.4, -0.2) is 69.3 Å². The van der Waals surface area contributed by atoms with Gasteiger partial charge < -0.3 is 31.0 Å². The van der Waals surface area contributed by atoms with Gasteiger partial charge in [-0.2, -0.15) is 0 Å². The summed E-state index contributed by atoms with van der Waals surface area (Å²) in [5.74, 6) is -1.67. The first-order valence-electron chi connectivity index (χ1n) is 11.5. The maximum Gasteiger partial charge on any atom is 0.323 e. The third kappa shape index (κ3) is 5.06. The van der Waals surface area contributed by atoms with Crippen LogP contribution in [0.1, 0.15) is 36.2 Å². The van der Waals surface area contributed by atoms with Crippen LogP contribution in [0.25, 0.3) is 0 Å². The molecule has 1 saturated heterocycles. The fourth-order valence-electron chi connectivity index (χ4n) is 4.51. The first kappa shape index (κ1) is 23.1. The Hall–Kier alpha value is -3.67. The van der Waals surface area contributed by atoms with Crippen LogP contribution in [0.15, 0.2) is 30.5 Å². The summed E-state index contributed by atoms with van der Waals surface area (Å²) < 4.78 is 28.1. The summed E-state index contributed by atoms with van der Waals surface area (Å²) in [6.45, 7) is 1.21. The minimum atomic E-state index is -1.09. The number of nitrogens with one attached hydrogen (secondary N) is 3. The van der Waals surface area contributed by atoms with Crippen LogP contribution in [0.4, 0.5) is 25.0 Å². The highest BCUT2D eigenvalue weighted by Gasteiger charge is 2.41. The van der Waals surface area contributed by atoms with Crippen molar-refractivity contribution in [3.63, 3.8) is 0 Å². The number of carbonyl (C=O) groups excluding carboxylic acids is 3. The molecule has 0 radical (unpaired) electrons. The standard InChI is InChI=1S/C23H26F2N6O4/c24-15-7-16(25)9-17(8-15)27-22(34)28-18-10-19-21(33)30(13-26-31(19)11-18)12-23(35)3-5-29(6-4-23)20(32)14-1-2-14/h7-11,14,26,35H,1-6,12-13H2,(H2,27,28,34). The first-order chi connectivity index (χ1) is 16.7. The summed E-state index contributed by atoms with van der Waals surface area (Å²) in [5.41, 5.74) is 2.44. The number of aromatic nitrogens is 1. The lowest BCUT2D eigenvalue weighted by molar-refractivity contribution is -0.137. The van der Waals surface area contributed by atoms with Crippen molar-refractivity contribution in [1.29, 1.82) is 0 Å². The van der Waals surface area contributed by atoms with Crippen LogP contribution in [0.3, 0.4) is 0 Å². The summed E-state index contributed by atoms with van der Waals surface area (Å²) >= 11 is 0. The van der Waals surface area contributed by atoms with Gasteiger partial charge in [0.05, 0.1) is 24.0 Å². The number of amides is 4. The summed E-state index contributed by atoms with van der Waals surface area (Å²) in [4.78, 5) is 40.8. The van der Waals surface area contributed by atoms with Gasteiger partial charge in [-0.05, 0) is 43.9 Å². The second-order valence-corrected chi connectivity index (χ2v) is 9.36. The molecule has 0 atom stereocenters. The van der Waals surface area contributed by atoms with E-state index in [1.54, 1.807) is 4.90 Å². The van der Waals surface area contributed by atoms with Gasteiger partial charge in [-0.3, -0.25) is 14.3 Å². The number of fused-ring (bicyclic) bond motifs is 1. The average molecular weight is 488 g/mol. The Morgan fingerprint density at radius 2 is 1.71 bits per heavy atom. The summed E-state index contributed by atoms with van der Waals surface area (Å²) in [6, 6.07) is 3.39. The minimum Gasteiger partial charge on any atom is -0.388 e. The zero-order valence-electron chi connectivity index (χ0n) is 18.9. The predicted octanol–water partition coefficient (Wildman–Crippen LogP) is 2.13. The number of halogens is 2. The smallest absolute Gasteiger partial charge is 0.323 e. The van der Waals surface area contributed by atoms with Crippen LogP contribution in [-0.2, 0) is 4.79 Å². The molecule has 0 bridgehead atoms. The zero-order valence-corrected chi connectivity index (χ0v) is 18.9. The van der Waals surface area contributed by atoms with E-state index in [4.69, 9.17) is 0 Å². The number of anilines is 2. The SMILES string of the molecule is O=C(Nc1cc(F)cc(F)c1)Nc1cc2n(c1)NCN(CC1(O)CCN(C(=O)C3CC3)CC1)C2=O. The lowest BCUT2D eigenvalue weighted by atomic mass is 9.90. The van der Waals surface area contributed by atoms with Crippen molar-refractivity contribution >= 4 is 29.2 Å². The van der Waals surface area contributed by atoms with Gasteiger partial charge in [0.1, 0.15) is 24.0 Å². The Kier molecular flexibility index (Phi) is 5.83. The van der Waals surface area contributed by atoms with Crippen LogP contribution < -0.4 is 16.1 Å². The number of β-amino-alcohol motifs (C(OH)–C–C–N with tert-alkyl or cyclic N) is 1. The number of hydrogen-bond donors (Lipinski definition) is 4. The molecule has 3 heterocycles. The van der Waals surface area contributed by atoms with Crippen molar-refractivity contribution in [3.8, 4) is 0 Å². The van der Waals surface area contributed by atoms with E-state index in [9.17, 15) is 28.3 Å². The van der Waals surface area contributed by atoms with Crippen molar-refractivity contribution in [3.05, 3.63) is 47.8 Å². The summed E-state index contributed by atoms with van der Waals surface area (Å²) in [7, 11) is 0. The normalized spacial score (nSPS) is 19.1. The molecule has 12 heteroatoms. The van der Waals surface area contributed by atoms with E-state index in [2.05, 4.69) is 16.1 Å². The minimum absolute atomic E-state index is 0.0533. The molecule has 1 aliphatic carbocycles. The van der Waals surface area contributed by atoms with Crippen LogP contribution >= 0.6 is 0 Å². The molecule has 0 spiro atoms. The lowest BCUT2D eigenvalue weighted by Gasteiger charge is -2.42. The largest absolute Gasteiger partial charge is 0.388 e. The van der Waals surface area contributed by atoms with Crippen molar-refractivity contribution in [2.24, 2.45) is 5.92 Å². The van der Waals surface area contributed by atoms with E-state index in [-0.39, 0.29) is 42.3 Å². The molecule has 4 amide bonds. The molecule has 0 unspecified atom stereocenters. The molecule has 1 aromatic heterocycles. The maximum absolute atomic E-state index is 13.3. The number of hydrogen-bond acceptors (Lipinski definition) is 5. The Bertz CT molecular complexity index is 1150. The average Bonchev–Trinajstić information content (AvgIpc) is 3.55. The van der Waals surface area contributed by atoms with E-state index in [1.165, 1.54) is 21.8 Å². The molecule has 186 valence electrons. The molecular formula is C23H26F2N6O4. The Balaban J connectivity index is 1.18. The number of rotatable bonds is 5. The number of likely N-dealkylation sites (tertiary alicyclic amines) is 1. The Morgan fingerprint density at radius 1 is 1.06 bits per heavy atom. The van der Waals surface area contributed by atoms with Crippen molar-refractivity contribution in [2.75, 3.05) is 42.4 Å². The Morgan fingerprint density at radius 3 is 2.37 bits per heavy atom. The van der Waals surface area contributed by atoms with Gasteiger partial charge in [0.2, 0.25) is 5.91 Å². The lowest BCUT2D eigenvalue weighted by Crippen LogP contribution is -2.56. The highest BCUT2D eigenvalue weighted by molar-refractivity contribution is 6.01. The van der Waals surface area contributed by atoms with Crippen LogP contribution in [0.5, 0.6) is 0 Å². The topological polar surface area (TPSA) is 119 Å². The van der Waals surface area contributed by atoms with Gasteiger partial charge in [-0.15, -0.1) is 0 Å². The number of nitrogens with zero attached hydrogens (tertiary/aromatic N) is 3. The molecule has 1 aromatic carbocycles. The third-order valence-electron chi connectivity index (χ3n) is 6.55. The molecule has 1 saturated carbocycles. The second-order valence-electron chi connectivity index (χ2n) is 9.36. The molecule has 10 nitrogen and oxygen atoms in total. The first-order valence-corrected chi connectivity index (χ1v) is 11.5. The van der Waals surface area contributed by atoms with Crippen LogP contribution in [0, 0.1) is 17.6 Å². The fourth-order valence-corrected chi connectivity index (χ4v) is 4.51. The maximum atomic E-state index is 13.3. The van der Waals surface area contributed by atoms with Crippen molar-refractivity contribution < 1.29 is 28.3 Å². The molecule has 35 heavy (non-hydrogen) atoms. The highest BCUT2D eigenvalue weighted by atomic mass is 19.1. The number of urea groups is 1. The third-order valence-corrected chi connectivity index (χ3v) is 6.55. The molecule has 3 aliphatic rings. The molecule has 2 fully saturated rings. The number of aliphatic hydroxyl groups is 1. The van der Waals surface area contributed by atoms with Gasteiger partial charge in [0.15, 0.2) is 0 Å². The van der Waals surface area contributed by atoms with E-state index in [0.29, 0.717) is 37.7 Å². The fraction of sp³-hybridized carbons (Fsp3) is 0.435. The number of piperidine rings is 1. The van der Waals surface area contributed by atoms with Gasteiger partial charge in [-0.25, -0.2) is 13.6 Å². The van der Waals surface area contributed by atoms with E-state index < -0.39 is 23.3 Å². The number of carbonyl (C=O) groups is 3. The van der Waals surface area contributed by atoms with E-state index >= 15 is 0 Å². The summed E-state index contributed by atoms with van der Waals surface area (Å²) in [5, 5.41) is 15.9. The predicted molar refractivity (Wildman–Crippen MR) is 122 cm³/mol. The molecule has 4 N–H and O–H groups in total. The van der Waals surface area contributed by atoms with Crippen LogP contribution in [0.2, 0.25) is 0 Å². The molecule has 5 rings (SSSR count). The van der Waals surface area contributed by atoms with Gasteiger partial charge in [0, 0.05) is 30.8 Å². The van der Waals surface area contributed by atoms with Gasteiger partial charge in [-0.1, -0.05) is 0 Å². The number of benzene rings is 1. The van der Waals surface area contributed by atoms with E-state index in [1.807, 2.05) is 0 Å². The van der Waals surface area contributed by atoms with Gasteiger partial charge in [0.25, 0.3) is 5.91 Å². The molecule has 2 aliphatic heterocycles. The van der Waals surface area contributed by atoms with Crippen molar-refractivity contribution in [1.82, 2.24) is 14.5 Å². The zero-order chi connectivity index (χ0) is 24.7. The molecule has 2 aromatic rings.